The van der Waals surface area contributed by atoms with Gasteiger partial charge in [0.25, 0.3) is 0 Å². The molecule has 2 aliphatic rings. The van der Waals surface area contributed by atoms with E-state index in [1.165, 1.54) is 0 Å². The van der Waals surface area contributed by atoms with Gasteiger partial charge in [-0.25, -0.2) is 4.58 Å². The molecule has 6 heteroatoms. The summed E-state index contributed by atoms with van der Waals surface area (Å²) in [4.78, 5) is 27.1. The third-order valence-corrected chi connectivity index (χ3v) is 6.90. The van der Waals surface area contributed by atoms with Crippen molar-refractivity contribution in [1.82, 2.24) is 0 Å². The molecular weight excluding hydrogens is 464 g/mol. The van der Waals surface area contributed by atoms with Gasteiger partial charge in [-0.05, 0) is 37.5 Å². The monoisotopic (exact) mass is 506 g/mol. The molecule has 1 atom stereocenters. The summed E-state index contributed by atoms with van der Waals surface area (Å²) in [5.41, 5.74) is 3.22. The van der Waals surface area contributed by atoms with E-state index in [1.807, 2.05) is 55.5 Å². The molecule has 0 aromatic heterocycles. The van der Waals surface area contributed by atoms with Crippen LogP contribution < -0.4 is 10.0 Å². The number of nitrogens with zero attached hydrogens (tertiary/aromatic N) is 2. The van der Waals surface area contributed by atoms with Crippen LogP contribution in [0, 0.1) is 11.8 Å². The van der Waals surface area contributed by atoms with Gasteiger partial charge in [-0.2, -0.15) is 0 Å². The van der Waals surface area contributed by atoms with Crippen molar-refractivity contribution in [3.05, 3.63) is 59.9 Å². The molecule has 0 aliphatic heterocycles. The highest BCUT2D eigenvalue weighted by molar-refractivity contribution is 6.29. The van der Waals surface area contributed by atoms with Crippen molar-refractivity contribution in [2.45, 2.75) is 59.8 Å². The number of carbonyl (C=O) groups is 2. The van der Waals surface area contributed by atoms with Crippen LogP contribution in [0.25, 0.3) is 5.57 Å². The van der Waals surface area contributed by atoms with Gasteiger partial charge < -0.3 is 14.7 Å². The molecule has 0 radical (unpaired) electrons. The van der Waals surface area contributed by atoms with Crippen LogP contribution in [0.15, 0.2) is 54.3 Å². The maximum Gasteiger partial charge on any atom is 0.306 e. The van der Waals surface area contributed by atoms with Crippen LogP contribution in [0.5, 0.6) is 0 Å². The summed E-state index contributed by atoms with van der Waals surface area (Å²) >= 11 is 0. The highest BCUT2D eigenvalue weighted by Crippen LogP contribution is 2.41. The number of benzene rings is 1. The van der Waals surface area contributed by atoms with Gasteiger partial charge >= 0.3 is 5.97 Å². The van der Waals surface area contributed by atoms with Crippen molar-refractivity contribution in [3.8, 4) is 0 Å². The minimum absolute atomic E-state index is 0.0701. The summed E-state index contributed by atoms with van der Waals surface area (Å²) in [5.74, 6) is -1.16. The van der Waals surface area contributed by atoms with Gasteiger partial charge in [-0.3, -0.25) is 9.59 Å². The second kappa shape index (κ2) is 14.0. The van der Waals surface area contributed by atoms with Crippen molar-refractivity contribution < 1.29 is 24.0 Å². The van der Waals surface area contributed by atoms with Crippen LogP contribution in [0.4, 0.5) is 5.69 Å². The Labute approximate surface area is 222 Å². The number of esters is 1. The fraction of sp³-hybridized carbons (Fsp3) is 0.516. The summed E-state index contributed by atoms with van der Waals surface area (Å²) < 4.78 is 7.27. The van der Waals surface area contributed by atoms with E-state index in [0.29, 0.717) is 18.6 Å². The third-order valence-electron chi connectivity index (χ3n) is 6.90. The number of ketones is 1. The lowest BCUT2D eigenvalue weighted by Crippen LogP contribution is -2.41. The van der Waals surface area contributed by atoms with Crippen LogP contribution >= 0.6 is 0 Å². The summed E-state index contributed by atoms with van der Waals surface area (Å²) in [6.07, 6.45) is 12.2. The minimum Gasteiger partial charge on any atom is -0.874 e. The molecule has 37 heavy (non-hydrogen) atoms. The lowest BCUT2D eigenvalue weighted by molar-refractivity contribution is -0.527. The zero-order valence-electron chi connectivity index (χ0n) is 22.9. The number of anilines is 1. The second-order valence-electron chi connectivity index (χ2n) is 9.73. The Kier molecular flexibility index (Phi) is 10.7. The molecule has 0 N–H and O–H groups in total. The average Bonchev–Trinajstić information content (AvgIpc) is 2.89. The molecule has 0 heterocycles. The van der Waals surface area contributed by atoms with E-state index in [9.17, 15) is 14.7 Å². The molecular formula is C31H42N2O4. The molecule has 1 aromatic carbocycles. The van der Waals surface area contributed by atoms with Gasteiger partial charge in [0.1, 0.15) is 13.1 Å². The normalized spacial score (nSPS) is 18.7. The second-order valence-corrected chi connectivity index (χ2v) is 9.73. The van der Waals surface area contributed by atoms with E-state index in [0.717, 1.165) is 68.8 Å². The highest BCUT2D eigenvalue weighted by Gasteiger charge is 2.38. The molecule has 1 aromatic rings. The Morgan fingerprint density at radius 1 is 0.973 bits per heavy atom. The number of hydrogen-bond donors (Lipinski definition) is 0. The quantitative estimate of drug-likeness (QED) is 0.274. The van der Waals surface area contributed by atoms with Crippen molar-refractivity contribution in [3.63, 3.8) is 0 Å². The SMILES string of the molecule is CCCN(CCC)c1ccc(C2=C([O-])C(C3C=CC(=[N+](CCC)CCCC(=O)OCC)C=C3)C2=O)cc1. The van der Waals surface area contributed by atoms with Crippen LogP contribution in [-0.4, -0.2) is 54.8 Å². The van der Waals surface area contributed by atoms with E-state index >= 15 is 0 Å². The maximum atomic E-state index is 13.1. The van der Waals surface area contributed by atoms with E-state index in [4.69, 9.17) is 4.74 Å². The van der Waals surface area contributed by atoms with Crippen LogP contribution in [-0.2, 0) is 14.3 Å². The molecule has 200 valence electrons. The molecule has 0 spiro atoms. The van der Waals surface area contributed by atoms with Crippen molar-refractivity contribution in [2.24, 2.45) is 11.8 Å². The number of allylic oxidation sites excluding steroid dienone is 6. The Hall–Kier alpha value is -3.15. The van der Waals surface area contributed by atoms with Gasteiger partial charge in [0, 0.05) is 61.2 Å². The Morgan fingerprint density at radius 3 is 2.16 bits per heavy atom. The molecule has 6 nitrogen and oxygen atoms in total. The Bertz CT molecular complexity index is 1040. The summed E-state index contributed by atoms with van der Waals surface area (Å²) in [5, 5.41) is 13.1. The van der Waals surface area contributed by atoms with Crippen LogP contribution in [0.1, 0.15) is 65.4 Å². The number of rotatable bonds is 14. The predicted molar refractivity (Wildman–Crippen MR) is 148 cm³/mol. The zero-order valence-corrected chi connectivity index (χ0v) is 22.9. The smallest absolute Gasteiger partial charge is 0.306 e. The number of Topliss-reactive ketones (excluding diaryl/α,β-unsaturated/α-hetero) is 1. The van der Waals surface area contributed by atoms with Crippen LogP contribution in [0.3, 0.4) is 0 Å². The van der Waals surface area contributed by atoms with Crippen molar-refractivity contribution >= 4 is 28.7 Å². The average molecular weight is 507 g/mol. The van der Waals surface area contributed by atoms with Gasteiger partial charge in [0.15, 0.2) is 11.5 Å². The van der Waals surface area contributed by atoms with E-state index in [1.54, 1.807) is 0 Å². The maximum absolute atomic E-state index is 13.1. The highest BCUT2D eigenvalue weighted by atomic mass is 16.5. The molecule has 2 aliphatic carbocycles. The standard InChI is InChI=1S/C31H42N2O4/c1-5-19-32(20-6-2)25-15-11-23(12-16-25)28-30(35)29(31(28)36)24-13-17-26(18-14-24)33(21-7-3)22-9-10-27(34)37-8-4/h11-18,24,29H,5-10,19-22H2,1-4H3. The minimum atomic E-state index is -0.635. The number of ether oxygens (including phenoxy) is 1. The zero-order chi connectivity index (χ0) is 26.8. The first-order valence-corrected chi connectivity index (χ1v) is 13.9. The van der Waals surface area contributed by atoms with Crippen LogP contribution in [0.2, 0.25) is 0 Å². The first-order chi connectivity index (χ1) is 17.9. The lowest BCUT2D eigenvalue weighted by Gasteiger charge is -2.40. The summed E-state index contributed by atoms with van der Waals surface area (Å²) in [6, 6.07) is 7.86. The first-order valence-electron chi connectivity index (χ1n) is 13.9. The molecule has 0 fully saturated rings. The van der Waals surface area contributed by atoms with Gasteiger partial charge in [0.2, 0.25) is 0 Å². The first kappa shape index (κ1) is 28.4. The fourth-order valence-electron chi connectivity index (χ4n) is 5.12. The molecule has 3 rings (SSSR count). The van der Waals surface area contributed by atoms with Gasteiger partial charge in [-0.1, -0.05) is 45.1 Å². The fourth-order valence-corrected chi connectivity index (χ4v) is 5.12. The Morgan fingerprint density at radius 2 is 1.62 bits per heavy atom. The molecule has 0 saturated carbocycles. The van der Waals surface area contributed by atoms with Gasteiger partial charge in [-0.15, -0.1) is 5.76 Å². The topological polar surface area (TPSA) is 72.7 Å². The predicted octanol–water partition coefficient (Wildman–Crippen LogP) is 4.53. The van der Waals surface area contributed by atoms with E-state index in [2.05, 4.69) is 30.2 Å². The van der Waals surface area contributed by atoms with Crippen molar-refractivity contribution in [2.75, 3.05) is 37.7 Å². The third kappa shape index (κ3) is 7.00. The number of carbonyl (C=O) groups excluding carboxylic acids is 2. The van der Waals surface area contributed by atoms with Crippen molar-refractivity contribution in [1.29, 1.82) is 0 Å². The number of hydrogen-bond acceptors (Lipinski definition) is 5. The molecule has 0 amide bonds. The lowest BCUT2D eigenvalue weighted by atomic mass is 9.71. The molecule has 0 saturated heterocycles. The van der Waals surface area contributed by atoms with E-state index in [-0.39, 0.29) is 23.4 Å². The Balaban J connectivity index is 1.68. The summed E-state index contributed by atoms with van der Waals surface area (Å²) in [7, 11) is 0. The van der Waals surface area contributed by atoms with E-state index < -0.39 is 5.92 Å². The largest absolute Gasteiger partial charge is 0.874 e. The summed E-state index contributed by atoms with van der Waals surface area (Å²) in [6.45, 7) is 12.3. The van der Waals surface area contributed by atoms with Gasteiger partial charge in [0.05, 0.1) is 13.0 Å². The molecule has 1 unspecified atom stereocenters. The molecule has 0 bridgehead atoms.